The third-order valence-corrected chi connectivity index (χ3v) is 5.61. The van der Waals surface area contributed by atoms with Crippen LogP contribution in [0.2, 0.25) is 0 Å². The Hall–Kier alpha value is -1.47. The van der Waals surface area contributed by atoms with Gasteiger partial charge in [-0.1, -0.05) is 20.8 Å². The van der Waals surface area contributed by atoms with Gasteiger partial charge in [-0.2, -0.15) is 0 Å². The first-order chi connectivity index (χ1) is 9.59. The van der Waals surface area contributed by atoms with E-state index in [9.17, 15) is 12.8 Å². The Balaban J connectivity index is 2.31. The zero-order valence-corrected chi connectivity index (χ0v) is 13.7. The first-order valence-electron chi connectivity index (χ1n) is 6.32. The van der Waals surface area contributed by atoms with Crippen molar-refractivity contribution in [3.63, 3.8) is 0 Å². The first-order valence-corrected chi connectivity index (χ1v) is 8.85. The lowest BCUT2D eigenvalue weighted by Gasteiger charge is -2.14. The van der Waals surface area contributed by atoms with Crippen molar-refractivity contribution in [2.75, 3.05) is 5.73 Å². The maximum Gasteiger partial charge on any atom is 0.187 e. The van der Waals surface area contributed by atoms with E-state index in [0.29, 0.717) is 5.01 Å². The molecule has 0 saturated carbocycles. The molecule has 7 heteroatoms. The number of rotatable bonds is 3. The van der Waals surface area contributed by atoms with Crippen LogP contribution in [0.25, 0.3) is 0 Å². The molecule has 0 bridgehead atoms. The minimum absolute atomic E-state index is 0.148. The highest BCUT2D eigenvalue weighted by Gasteiger charge is 2.23. The van der Waals surface area contributed by atoms with Crippen LogP contribution in [0.5, 0.6) is 0 Å². The van der Waals surface area contributed by atoms with Crippen LogP contribution in [0.3, 0.4) is 0 Å². The van der Waals surface area contributed by atoms with Gasteiger partial charge >= 0.3 is 0 Å². The van der Waals surface area contributed by atoms with Crippen LogP contribution in [0, 0.1) is 5.82 Å². The maximum atomic E-state index is 13.8. The lowest BCUT2D eigenvalue weighted by atomic mass is 9.93. The molecule has 0 aliphatic carbocycles. The molecule has 0 aliphatic heterocycles. The average Bonchev–Trinajstić information content (AvgIpc) is 2.75. The van der Waals surface area contributed by atoms with Crippen molar-refractivity contribution in [1.29, 1.82) is 0 Å². The molecule has 1 heterocycles. The molecule has 2 N–H and O–H groups in total. The predicted octanol–water partition coefficient (Wildman–Crippen LogP) is 3.14. The maximum absolute atomic E-state index is 13.8. The molecule has 21 heavy (non-hydrogen) atoms. The number of aromatic nitrogens is 1. The number of nitrogens with two attached hydrogens (primary N) is 1. The predicted molar refractivity (Wildman–Crippen MR) is 82.5 cm³/mol. The fourth-order valence-electron chi connectivity index (χ4n) is 1.73. The highest BCUT2D eigenvalue weighted by molar-refractivity contribution is 7.90. The van der Waals surface area contributed by atoms with E-state index in [4.69, 9.17) is 5.73 Å². The molecule has 0 unspecified atom stereocenters. The van der Waals surface area contributed by atoms with Gasteiger partial charge in [-0.15, -0.1) is 11.3 Å². The van der Waals surface area contributed by atoms with Gasteiger partial charge < -0.3 is 5.73 Å². The summed E-state index contributed by atoms with van der Waals surface area (Å²) in [5, 5.41) is 2.29. The van der Waals surface area contributed by atoms with Gasteiger partial charge in [-0.05, 0) is 18.2 Å². The fourth-order valence-corrected chi connectivity index (χ4v) is 4.45. The highest BCUT2D eigenvalue weighted by Crippen LogP contribution is 2.27. The summed E-state index contributed by atoms with van der Waals surface area (Å²) in [4.78, 5) is 3.99. The second-order valence-electron chi connectivity index (χ2n) is 5.83. The Kier molecular flexibility index (Phi) is 4.08. The van der Waals surface area contributed by atoms with Gasteiger partial charge in [-0.3, -0.25) is 0 Å². The van der Waals surface area contributed by atoms with Crippen LogP contribution in [0.1, 0.15) is 31.5 Å². The van der Waals surface area contributed by atoms with Crippen molar-refractivity contribution < 1.29 is 12.8 Å². The summed E-state index contributed by atoms with van der Waals surface area (Å²) in [6, 6.07) is 3.58. The fraction of sp³-hybridized carbons (Fsp3) is 0.357. The van der Waals surface area contributed by atoms with Crippen molar-refractivity contribution in [3.05, 3.63) is 40.1 Å². The average molecular weight is 328 g/mol. The van der Waals surface area contributed by atoms with Crippen molar-refractivity contribution in [3.8, 4) is 0 Å². The number of benzene rings is 1. The van der Waals surface area contributed by atoms with Crippen molar-refractivity contribution in [2.45, 2.75) is 36.8 Å². The number of nitrogens with zero attached hydrogens (tertiary/aromatic N) is 1. The molecule has 114 valence electrons. The van der Waals surface area contributed by atoms with E-state index in [1.165, 1.54) is 23.5 Å². The van der Waals surface area contributed by atoms with Crippen molar-refractivity contribution >= 4 is 26.9 Å². The molecule has 0 fully saturated rings. The Morgan fingerprint density at radius 3 is 2.52 bits per heavy atom. The minimum atomic E-state index is -3.78. The molecule has 0 saturated heterocycles. The standard InChI is InChI=1S/C14H17FN2O2S2/c1-14(2,3)12-7-20-13(17-12)8-21(18,19)11-5-4-9(16)6-10(11)15/h4-7H,8,16H2,1-3H3. The topological polar surface area (TPSA) is 73.0 Å². The summed E-state index contributed by atoms with van der Waals surface area (Å²) in [7, 11) is -3.78. The normalized spacial score (nSPS) is 12.6. The molecular formula is C14H17FN2O2S2. The van der Waals surface area contributed by atoms with Gasteiger partial charge in [-0.25, -0.2) is 17.8 Å². The number of anilines is 1. The molecule has 1 aromatic heterocycles. The number of sulfone groups is 1. The van der Waals surface area contributed by atoms with Gasteiger partial charge in [0.05, 0.1) is 5.69 Å². The number of halogens is 1. The third kappa shape index (κ3) is 3.59. The smallest absolute Gasteiger partial charge is 0.187 e. The molecule has 2 rings (SSSR count). The second-order valence-corrected chi connectivity index (χ2v) is 8.73. The van der Waals surface area contributed by atoms with E-state index in [2.05, 4.69) is 4.98 Å². The van der Waals surface area contributed by atoms with Crippen LogP contribution in [0.15, 0.2) is 28.5 Å². The van der Waals surface area contributed by atoms with Crippen molar-refractivity contribution in [1.82, 2.24) is 4.98 Å². The molecule has 1 aromatic carbocycles. The molecule has 0 amide bonds. The number of nitrogen functional groups attached to an aromatic ring is 1. The lowest BCUT2D eigenvalue weighted by molar-refractivity contribution is 0.563. The Labute approximate surface area is 127 Å². The van der Waals surface area contributed by atoms with E-state index >= 15 is 0 Å². The third-order valence-electron chi connectivity index (χ3n) is 2.92. The van der Waals surface area contributed by atoms with Gasteiger partial charge in [0, 0.05) is 16.5 Å². The molecule has 0 radical (unpaired) electrons. The summed E-state index contributed by atoms with van der Waals surface area (Å²) >= 11 is 1.27. The second kappa shape index (κ2) is 5.38. The van der Waals surface area contributed by atoms with Gasteiger partial charge in [0.15, 0.2) is 9.84 Å². The summed E-state index contributed by atoms with van der Waals surface area (Å²) in [6.07, 6.45) is 0. The van der Waals surface area contributed by atoms with Crippen molar-refractivity contribution in [2.24, 2.45) is 0 Å². The summed E-state index contributed by atoms with van der Waals surface area (Å²) < 4.78 is 38.3. The van der Waals surface area contributed by atoms with Crippen LogP contribution in [-0.2, 0) is 21.0 Å². The Bertz CT molecular complexity index is 762. The molecule has 2 aromatic rings. The number of hydrogen-bond acceptors (Lipinski definition) is 5. The zero-order chi connectivity index (χ0) is 15.8. The first kappa shape index (κ1) is 15.9. The van der Waals surface area contributed by atoms with Crippen LogP contribution < -0.4 is 5.73 Å². The zero-order valence-electron chi connectivity index (χ0n) is 12.1. The molecule has 0 spiro atoms. The van der Waals surface area contributed by atoms with E-state index < -0.39 is 15.7 Å². The quantitative estimate of drug-likeness (QED) is 0.879. The van der Waals surface area contributed by atoms with Crippen LogP contribution in [0.4, 0.5) is 10.1 Å². The molecule has 0 atom stereocenters. The lowest BCUT2D eigenvalue weighted by Crippen LogP contribution is -2.12. The Morgan fingerprint density at radius 2 is 2.00 bits per heavy atom. The van der Waals surface area contributed by atoms with E-state index in [1.54, 1.807) is 0 Å². The molecular weight excluding hydrogens is 311 g/mol. The van der Waals surface area contributed by atoms with Gasteiger partial charge in [0.1, 0.15) is 21.5 Å². The van der Waals surface area contributed by atoms with Crippen LogP contribution in [-0.4, -0.2) is 13.4 Å². The molecule has 4 nitrogen and oxygen atoms in total. The largest absolute Gasteiger partial charge is 0.399 e. The minimum Gasteiger partial charge on any atom is -0.399 e. The summed E-state index contributed by atoms with van der Waals surface area (Å²) in [5.74, 6) is -1.14. The molecule has 0 aliphatic rings. The van der Waals surface area contributed by atoms with Gasteiger partial charge in [0.25, 0.3) is 0 Å². The van der Waals surface area contributed by atoms with E-state index in [0.717, 1.165) is 11.8 Å². The van der Waals surface area contributed by atoms with E-state index in [-0.39, 0.29) is 21.8 Å². The monoisotopic (exact) mass is 328 g/mol. The number of hydrogen-bond donors (Lipinski definition) is 1. The highest BCUT2D eigenvalue weighted by atomic mass is 32.2. The van der Waals surface area contributed by atoms with Crippen LogP contribution >= 0.6 is 11.3 Å². The summed E-state index contributed by atoms with van der Waals surface area (Å²) in [6.45, 7) is 6.00. The van der Waals surface area contributed by atoms with Gasteiger partial charge in [0.2, 0.25) is 0 Å². The summed E-state index contributed by atoms with van der Waals surface area (Å²) in [5.41, 5.74) is 6.30. The van der Waals surface area contributed by atoms with E-state index in [1.807, 2.05) is 26.2 Å². The SMILES string of the molecule is CC(C)(C)c1csc(CS(=O)(=O)c2ccc(N)cc2F)n1. The number of thiazole rings is 1. The Morgan fingerprint density at radius 1 is 1.33 bits per heavy atom.